The van der Waals surface area contributed by atoms with Gasteiger partial charge in [-0.25, -0.2) is 22.5 Å². The first-order valence-electron chi connectivity index (χ1n) is 6.62. The fourth-order valence-electron chi connectivity index (χ4n) is 1.84. The molecule has 5 nitrogen and oxygen atoms in total. The Bertz CT molecular complexity index is 699. The van der Waals surface area contributed by atoms with E-state index in [1.807, 2.05) is 5.38 Å². The Hall–Kier alpha value is -1.35. The van der Waals surface area contributed by atoms with Crippen molar-refractivity contribution in [2.75, 3.05) is 13.7 Å². The van der Waals surface area contributed by atoms with Crippen LogP contribution in [-0.4, -0.2) is 27.1 Å². The topological polar surface area (TPSA) is 68.3 Å². The van der Waals surface area contributed by atoms with E-state index in [0.29, 0.717) is 18.6 Å². The van der Waals surface area contributed by atoms with Gasteiger partial charge in [0.15, 0.2) is 0 Å². The Morgan fingerprint density at radius 2 is 2.05 bits per heavy atom. The first kappa shape index (κ1) is 17.0. The molecule has 0 saturated carbocycles. The maximum absolute atomic E-state index is 12.8. The van der Waals surface area contributed by atoms with Crippen LogP contribution in [0.2, 0.25) is 0 Å². The van der Waals surface area contributed by atoms with Crippen LogP contribution < -0.4 is 4.72 Å². The number of thiazole rings is 1. The van der Waals surface area contributed by atoms with Crippen LogP contribution >= 0.6 is 11.3 Å². The molecular formula is C14H17FN2O3S2. The Balaban J connectivity index is 1.82. The molecule has 0 atom stereocenters. The van der Waals surface area contributed by atoms with E-state index in [1.54, 1.807) is 7.11 Å². The first-order chi connectivity index (χ1) is 10.5. The highest BCUT2D eigenvalue weighted by Gasteiger charge is 2.11. The fourth-order valence-corrected chi connectivity index (χ4v) is 3.78. The SMILES string of the molecule is COCc1nc(CCNS(=O)(=O)Cc2ccc(F)cc2)cs1. The van der Waals surface area contributed by atoms with Gasteiger partial charge >= 0.3 is 0 Å². The molecule has 0 saturated heterocycles. The summed E-state index contributed by atoms with van der Waals surface area (Å²) in [7, 11) is -1.84. The second-order valence-corrected chi connectivity index (χ2v) is 7.44. The number of methoxy groups -OCH3 is 1. The van der Waals surface area contributed by atoms with Gasteiger partial charge in [-0.1, -0.05) is 12.1 Å². The molecular weight excluding hydrogens is 327 g/mol. The standard InChI is InChI=1S/C14H17FN2O3S2/c1-20-8-14-17-13(9-21-14)6-7-16-22(18,19)10-11-2-4-12(15)5-3-11/h2-5,9,16H,6-8,10H2,1H3. The van der Waals surface area contributed by atoms with Crippen molar-refractivity contribution in [3.05, 3.63) is 51.7 Å². The molecule has 0 fully saturated rings. The van der Waals surface area contributed by atoms with Crippen molar-refractivity contribution in [2.24, 2.45) is 0 Å². The summed E-state index contributed by atoms with van der Waals surface area (Å²) >= 11 is 1.49. The van der Waals surface area contributed by atoms with Crippen LogP contribution in [-0.2, 0) is 33.5 Å². The molecule has 0 amide bonds. The molecule has 0 aliphatic carbocycles. The van der Waals surface area contributed by atoms with Gasteiger partial charge in [0.1, 0.15) is 10.8 Å². The smallest absolute Gasteiger partial charge is 0.215 e. The van der Waals surface area contributed by atoms with Gasteiger partial charge in [0.2, 0.25) is 10.0 Å². The predicted molar refractivity (Wildman–Crippen MR) is 83.6 cm³/mol. The predicted octanol–water partition coefficient (Wildman–Crippen LogP) is 2.09. The van der Waals surface area contributed by atoms with Crippen molar-refractivity contribution in [2.45, 2.75) is 18.8 Å². The molecule has 22 heavy (non-hydrogen) atoms. The number of rotatable bonds is 8. The lowest BCUT2D eigenvalue weighted by molar-refractivity contribution is 0.184. The van der Waals surface area contributed by atoms with Gasteiger partial charge in [-0.15, -0.1) is 11.3 Å². The molecule has 0 unspecified atom stereocenters. The number of benzene rings is 1. The third-order valence-corrected chi connectivity index (χ3v) is 5.07. The number of sulfonamides is 1. The Morgan fingerprint density at radius 3 is 2.73 bits per heavy atom. The third-order valence-electron chi connectivity index (χ3n) is 2.84. The number of nitrogens with zero attached hydrogens (tertiary/aromatic N) is 1. The van der Waals surface area contributed by atoms with Crippen LogP contribution in [0.5, 0.6) is 0 Å². The summed E-state index contributed by atoms with van der Waals surface area (Å²) in [6, 6.07) is 5.42. The van der Waals surface area contributed by atoms with Crippen molar-refractivity contribution in [1.82, 2.24) is 9.71 Å². The summed E-state index contributed by atoms with van der Waals surface area (Å²) in [4.78, 5) is 4.33. The summed E-state index contributed by atoms with van der Waals surface area (Å²) in [6.07, 6.45) is 0.517. The van der Waals surface area contributed by atoms with Crippen LogP contribution in [0.25, 0.3) is 0 Å². The number of halogens is 1. The highest BCUT2D eigenvalue weighted by molar-refractivity contribution is 7.88. The Morgan fingerprint density at radius 1 is 1.32 bits per heavy atom. The third kappa shape index (κ3) is 5.45. The molecule has 1 heterocycles. The first-order valence-corrected chi connectivity index (χ1v) is 9.16. The summed E-state index contributed by atoms with van der Waals surface area (Å²) < 4.78 is 44.2. The molecule has 0 aliphatic heterocycles. The normalized spacial score (nSPS) is 11.7. The summed E-state index contributed by atoms with van der Waals surface area (Å²) in [5.74, 6) is -0.552. The average Bonchev–Trinajstić information content (AvgIpc) is 2.89. The van der Waals surface area contributed by atoms with Gasteiger partial charge in [0, 0.05) is 25.5 Å². The molecule has 0 aliphatic rings. The molecule has 2 aromatic rings. The molecule has 120 valence electrons. The zero-order valence-corrected chi connectivity index (χ0v) is 13.7. The monoisotopic (exact) mass is 344 g/mol. The van der Waals surface area contributed by atoms with Gasteiger partial charge in [0.05, 0.1) is 18.1 Å². The largest absolute Gasteiger partial charge is 0.378 e. The second-order valence-electron chi connectivity index (χ2n) is 4.70. The second kappa shape index (κ2) is 7.77. The lowest BCUT2D eigenvalue weighted by atomic mass is 10.2. The van der Waals surface area contributed by atoms with Crippen molar-refractivity contribution in [3.8, 4) is 0 Å². The Labute approximate surface area is 133 Å². The van der Waals surface area contributed by atoms with Crippen LogP contribution in [0.1, 0.15) is 16.3 Å². The molecule has 0 radical (unpaired) electrons. The molecule has 1 N–H and O–H groups in total. The number of hydrogen-bond acceptors (Lipinski definition) is 5. The van der Waals surface area contributed by atoms with Gasteiger partial charge < -0.3 is 4.74 Å². The van der Waals surface area contributed by atoms with E-state index in [1.165, 1.54) is 35.6 Å². The summed E-state index contributed by atoms with van der Waals surface area (Å²) in [5.41, 5.74) is 1.38. The number of aromatic nitrogens is 1. The molecule has 1 aromatic carbocycles. The quantitative estimate of drug-likeness (QED) is 0.796. The lowest BCUT2D eigenvalue weighted by Gasteiger charge is -2.06. The zero-order valence-electron chi connectivity index (χ0n) is 12.1. The molecule has 1 aromatic heterocycles. The van der Waals surface area contributed by atoms with E-state index in [9.17, 15) is 12.8 Å². The molecule has 2 rings (SSSR count). The van der Waals surface area contributed by atoms with Gasteiger partial charge in [-0.2, -0.15) is 0 Å². The highest BCUT2D eigenvalue weighted by atomic mass is 32.2. The van der Waals surface area contributed by atoms with Crippen LogP contribution in [0.3, 0.4) is 0 Å². The minimum absolute atomic E-state index is 0.167. The van der Waals surface area contributed by atoms with E-state index in [-0.39, 0.29) is 18.1 Å². The summed E-state index contributed by atoms with van der Waals surface area (Å²) in [6.45, 7) is 0.737. The highest BCUT2D eigenvalue weighted by Crippen LogP contribution is 2.11. The van der Waals surface area contributed by atoms with Gasteiger partial charge in [0.25, 0.3) is 0 Å². The van der Waals surface area contributed by atoms with E-state index in [0.717, 1.165) is 10.7 Å². The van der Waals surface area contributed by atoms with Gasteiger partial charge in [-0.05, 0) is 17.7 Å². The van der Waals surface area contributed by atoms with Crippen LogP contribution in [0, 0.1) is 5.82 Å². The van der Waals surface area contributed by atoms with Crippen molar-refractivity contribution >= 4 is 21.4 Å². The van der Waals surface area contributed by atoms with Crippen molar-refractivity contribution < 1.29 is 17.5 Å². The molecule has 0 bridgehead atoms. The lowest BCUT2D eigenvalue weighted by Crippen LogP contribution is -2.27. The Kier molecular flexibility index (Phi) is 6.01. The number of hydrogen-bond donors (Lipinski definition) is 1. The summed E-state index contributed by atoms with van der Waals surface area (Å²) in [5, 5.41) is 2.76. The van der Waals surface area contributed by atoms with Crippen LogP contribution in [0.4, 0.5) is 4.39 Å². The van der Waals surface area contributed by atoms with E-state index < -0.39 is 10.0 Å². The van der Waals surface area contributed by atoms with E-state index in [4.69, 9.17) is 4.74 Å². The maximum Gasteiger partial charge on any atom is 0.215 e. The minimum Gasteiger partial charge on any atom is -0.378 e. The zero-order chi connectivity index (χ0) is 16.0. The van der Waals surface area contributed by atoms with E-state index >= 15 is 0 Å². The molecule has 0 spiro atoms. The van der Waals surface area contributed by atoms with E-state index in [2.05, 4.69) is 9.71 Å². The minimum atomic E-state index is -3.44. The molecule has 8 heteroatoms. The number of ether oxygens (including phenoxy) is 1. The van der Waals surface area contributed by atoms with Crippen LogP contribution in [0.15, 0.2) is 29.6 Å². The number of nitrogens with one attached hydrogen (secondary N) is 1. The maximum atomic E-state index is 12.8. The average molecular weight is 344 g/mol. The van der Waals surface area contributed by atoms with Crippen molar-refractivity contribution in [3.63, 3.8) is 0 Å². The van der Waals surface area contributed by atoms with Crippen molar-refractivity contribution in [1.29, 1.82) is 0 Å². The fraction of sp³-hybridized carbons (Fsp3) is 0.357. The van der Waals surface area contributed by atoms with Gasteiger partial charge in [-0.3, -0.25) is 0 Å².